The minimum atomic E-state index is -0.840. The SMILES string of the molecule is O=C(OO)c1ccn[nH]1.[Mn]. The molecule has 1 aromatic rings. The molecule has 1 heterocycles. The summed E-state index contributed by atoms with van der Waals surface area (Å²) in [4.78, 5) is 13.7. The van der Waals surface area contributed by atoms with Crippen LogP contribution in [0.15, 0.2) is 12.3 Å². The Kier molecular flexibility index (Phi) is 3.71. The molecule has 0 amide bonds. The molecule has 1 aromatic heterocycles. The number of carbonyl (C=O) groups is 1. The van der Waals surface area contributed by atoms with Gasteiger partial charge in [-0.25, -0.2) is 4.79 Å². The smallest absolute Gasteiger partial charge is 0.294 e. The van der Waals surface area contributed by atoms with E-state index in [9.17, 15) is 4.79 Å². The van der Waals surface area contributed by atoms with E-state index in [1.165, 1.54) is 12.3 Å². The summed E-state index contributed by atoms with van der Waals surface area (Å²) >= 11 is 0. The number of H-pyrrole nitrogens is 1. The fourth-order valence-corrected chi connectivity index (χ4v) is 0.419. The number of hydrogen-bond acceptors (Lipinski definition) is 4. The molecule has 10 heavy (non-hydrogen) atoms. The summed E-state index contributed by atoms with van der Waals surface area (Å²) in [6, 6.07) is 1.39. The molecule has 0 saturated carbocycles. The van der Waals surface area contributed by atoms with Gasteiger partial charge in [0.05, 0.1) is 0 Å². The zero-order valence-electron chi connectivity index (χ0n) is 4.74. The Labute approximate surface area is 66.8 Å². The maximum Gasteiger partial charge on any atom is 0.390 e. The molecule has 0 unspecified atom stereocenters. The van der Waals surface area contributed by atoms with Gasteiger partial charge < -0.3 is 0 Å². The first-order valence-corrected chi connectivity index (χ1v) is 2.19. The van der Waals surface area contributed by atoms with E-state index in [1.807, 2.05) is 0 Å². The molecule has 0 fully saturated rings. The van der Waals surface area contributed by atoms with Gasteiger partial charge in [-0.15, -0.1) is 0 Å². The molecule has 0 spiro atoms. The third kappa shape index (κ3) is 1.84. The Balaban J connectivity index is 0.000000810. The molecule has 0 aromatic carbocycles. The van der Waals surface area contributed by atoms with Crippen LogP contribution in [0.1, 0.15) is 10.5 Å². The Morgan fingerprint density at radius 3 is 2.90 bits per heavy atom. The molecule has 0 atom stereocenters. The van der Waals surface area contributed by atoms with Gasteiger partial charge in [-0.1, -0.05) is 0 Å². The van der Waals surface area contributed by atoms with Crippen molar-refractivity contribution in [3.8, 4) is 0 Å². The summed E-state index contributed by atoms with van der Waals surface area (Å²) in [5.74, 6) is -0.840. The number of nitrogens with one attached hydrogen (secondary N) is 1. The summed E-state index contributed by atoms with van der Waals surface area (Å²) < 4.78 is 0. The van der Waals surface area contributed by atoms with Gasteiger partial charge >= 0.3 is 5.97 Å². The molecule has 0 bridgehead atoms. The maximum absolute atomic E-state index is 10.3. The van der Waals surface area contributed by atoms with E-state index in [0.717, 1.165) is 0 Å². The van der Waals surface area contributed by atoms with Crippen molar-refractivity contribution in [3.63, 3.8) is 0 Å². The average Bonchev–Trinajstić information content (AvgIpc) is 2.37. The minimum absolute atomic E-state index is 0. The predicted molar refractivity (Wildman–Crippen MR) is 26.6 cm³/mol. The zero-order chi connectivity index (χ0) is 6.69. The monoisotopic (exact) mass is 183 g/mol. The third-order valence-corrected chi connectivity index (χ3v) is 0.804. The van der Waals surface area contributed by atoms with E-state index in [2.05, 4.69) is 15.1 Å². The molecule has 0 aliphatic heterocycles. The van der Waals surface area contributed by atoms with Crippen molar-refractivity contribution in [3.05, 3.63) is 18.0 Å². The van der Waals surface area contributed by atoms with Crippen molar-refractivity contribution in [2.24, 2.45) is 0 Å². The molecule has 2 N–H and O–H groups in total. The second kappa shape index (κ2) is 4.05. The maximum atomic E-state index is 10.3. The van der Waals surface area contributed by atoms with Gasteiger partial charge in [0.1, 0.15) is 5.69 Å². The van der Waals surface area contributed by atoms with E-state index in [1.54, 1.807) is 0 Å². The van der Waals surface area contributed by atoms with E-state index in [4.69, 9.17) is 5.26 Å². The van der Waals surface area contributed by atoms with Crippen LogP contribution in [0.25, 0.3) is 0 Å². The second-order valence-corrected chi connectivity index (χ2v) is 1.35. The van der Waals surface area contributed by atoms with Gasteiger partial charge in [0.2, 0.25) is 0 Å². The standard InChI is InChI=1S/C4H4N2O3.Mn/c7-4(9-8)3-1-2-5-6-3;/h1-2,8H,(H,5,6);. The van der Waals surface area contributed by atoms with Crippen molar-refractivity contribution >= 4 is 5.97 Å². The normalized spacial score (nSPS) is 8.10. The van der Waals surface area contributed by atoms with Crippen molar-refractivity contribution in [2.75, 3.05) is 0 Å². The van der Waals surface area contributed by atoms with Gasteiger partial charge in [-0.05, 0) is 6.07 Å². The van der Waals surface area contributed by atoms with Gasteiger partial charge in [-0.2, -0.15) is 10.4 Å². The van der Waals surface area contributed by atoms with Gasteiger partial charge in [0.25, 0.3) is 0 Å². The van der Waals surface area contributed by atoms with Crippen molar-refractivity contribution in [2.45, 2.75) is 0 Å². The first-order valence-electron chi connectivity index (χ1n) is 2.19. The first-order chi connectivity index (χ1) is 4.34. The number of aromatic nitrogens is 2. The summed E-state index contributed by atoms with van der Waals surface area (Å²) in [5.41, 5.74) is 0.123. The summed E-state index contributed by atoms with van der Waals surface area (Å²) in [5, 5.41) is 13.6. The van der Waals surface area contributed by atoms with Crippen LogP contribution in [0.4, 0.5) is 0 Å². The number of rotatable bonds is 1. The van der Waals surface area contributed by atoms with Crippen LogP contribution in [0, 0.1) is 0 Å². The van der Waals surface area contributed by atoms with Gasteiger partial charge in [0, 0.05) is 23.3 Å². The Bertz CT molecular complexity index is 198. The molecule has 55 valence electrons. The quantitative estimate of drug-likeness (QED) is 0.366. The number of aromatic amines is 1. The van der Waals surface area contributed by atoms with E-state index in [-0.39, 0.29) is 22.8 Å². The number of carbonyl (C=O) groups excluding carboxylic acids is 1. The average molecular weight is 183 g/mol. The Morgan fingerprint density at radius 2 is 2.50 bits per heavy atom. The number of hydrogen-bond donors (Lipinski definition) is 2. The topological polar surface area (TPSA) is 75.2 Å². The van der Waals surface area contributed by atoms with Gasteiger partial charge in [-0.3, -0.25) is 9.99 Å². The van der Waals surface area contributed by atoms with Crippen LogP contribution in [-0.4, -0.2) is 21.4 Å². The molecule has 1 rings (SSSR count). The fourth-order valence-electron chi connectivity index (χ4n) is 0.419. The largest absolute Gasteiger partial charge is 0.390 e. The van der Waals surface area contributed by atoms with Crippen LogP contribution in [-0.2, 0) is 22.0 Å². The Morgan fingerprint density at radius 1 is 1.80 bits per heavy atom. The van der Waals surface area contributed by atoms with E-state index >= 15 is 0 Å². The molecule has 0 aliphatic rings. The Hall–Kier alpha value is -0.841. The molecule has 0 saturated heterocycles. The van der Waals surface area contributed by atoms with Crippen molar-refractivity contribution in [1.29, 1.82) is 0 Å². The summed E-state index contributed by atoms with van der Waals surface area (Å²) in [6.07, 6.45) is 1.38. The molecular weight excluding hydrogens is 179 g/mol. The molecule has 5 nitrogen and oxygen atoms in total. The first kappa shape index (κ1) is 9.16. The predicted octanol–water partition coefficient (Wildman–Crippen LogP) is 0.0370. The van der Waals surface area contributed by atoms with Gasteiger partial charge in [0.15, 0.2) is 0 Å². The summed E-state index contributed by atoms with van der Waals surface area (Å²) in [6.45, 7) is 0. The van der Waals surface area contributed by atoms with Crippen LogP contribution >= 0.6 is 0 Å². The van der Waals surface area contributed by atoms with Crippen LogP contribution in [0.2, 0.25) is 0 Å². The summed E-state index contributed by atoms with van der Waals surface area (Å²) in [7, 11) is 0. The third-order valence-electron chi connectivity index (χ3n) is 0.804. The van der Waals surface area contributed by atoms with Crippen molar-refractivity contribution < 1.29 is 32.0 Å². The fraction of sp³-hybridized carbons (Fsp3) is 0. The van der Waals surface area contributed by atoms with Crippen LogP contribution in [0.5, 0.6) is 0 Å². The zero-order valence-corrected chi connectivity index (χ0v) is 5.92. The molecule has 6 heteroatoms. The number of nitrogens with zero attached hydrogens (tertiary/aromatic N) is 1. The molecular formula is C4H4MnN2O3. The van der Waals surface area contributed by atoms with Crippen molar-refractivity contribution in [1.82, 2.24) is 10.2 Å². The molecule has 0 aliphatic carbocycles. The minimum Gasteiger partial charge on any atom is -0.294 e. The van der Waals surface area contributed by atoms with Crippen LogP contribution < -0.4 is 0 Å². The van der Waals surface area contributed by atoms with Crippen LogP contribution in [0.3, 0.4) is 0 Å². The molecule has 1 radical (unpaired) electrons. The van der Waals surface area contributed by atoms with E-state index < -0.39 is 5.97 Å². The van der Waals surface area contributed by atoms with E-state index in [0.29, 0.717) is 0 Å². The second-order valence-electron chi connectivity index (χ2n) is 1.35.